The molecule has 1 aliphatic rings. The number of carbonyl (C=O) groups excluding carboxylic acids is 1. The molecule has 6 nitrogen and oxygen atoms in total. The van der Waals surface area contributed by atoms with Crippen LogP contribution in [0.5, 0.6) is 5.75 Å². The molecule has 3 aromatic rings. The second-order valence-electron chi connectivity index (χ2n) is 7.36. The number of carboxylic acid groups (broad SMARTS) is 1. The van der Waals surface area contributed by atoms with E-state index in [-0.39, 0.29) is 11.5 Å². The number of likely N-dealkylation sites (N-methyl/N-ethyl adjacent to an activating group) is 1. The Labute approximate surface area is 210 Å². The Morgan fingerprint density at radius 2 is 1.88 bits per heavy atom. The van der Waals surface area contributed by atoms with Crippen molar-refractivity contribution < 1.29 is 19.4 Å². The number of carboxylic acids is 1. The van der Waals surface area contributed by atoms with Crippen LogP contribution in [-0.4, -0.2) is 33.6 Å². The van der Waals surface area contributed by atoms with Gasteiger partial charge in [-0.25, -0.2) is 9.79 Å². The first-order chi connectivity index (χ1) is 16.4. The molecule has 34 heavy (non-hydrogen) atoms. The Hall–Kier alpha value is -3.36. The lowest BCUT2D eigenvalue weighted by molar-refractivity contribution is -0.122. The number of ether oxygens (including phenoxy) is 1. The minimum atomic E-state index is -1.02. The van der Waals surface area contributed by atoms with E-state index in [0.717, 1.165) is 15.6 Å². The molecule has 172 valence electrons. The van der Waals surface area contributed by atoms with Gasteiger partial charge in [-0.3, -0.25) is 9.69 Å². The van der Waals surface area contributed by atoms with E-state index in [1.54, 1.807) is 17.0 Å². The van der Waals surface area contributed by atoms with Crippen LogP contribution < -0.4 is 4.74 Å². The minimum absolute atomic E-state index is 0.145. The fraction of sp³-hybridized carbons (Fsp3) is 0.115. The standard InChI is InChI=1S/C26H21BrN2O4S/c1-2-29-24(30)23(34-26(29)28-21-8-5-7-19(14-21)25(31)32)15-18-6-3-4-9-22(18)33-16-17-10-12-20(27)13-11-17/h3-15H,2,16H2,1H3,(H,31,32)/b23-15+,28-26?. The lowest BCUT2D eigenvalue weighted by Gasteiger charge is -2.12. The molecule has 0 saturated carbocycles. The van der Waals surface area contributed by atoms with Crippen LogP contribution in [0.3, 0.4) is 0 Å². The zero-order valence-corrected chi connectivity index (χ0v) is 20.7. The van der Waals surface area contributed by atoms with E-state index < -0.39 is 5.97 Å². The molecule has 0 atom stereocenters. The molecular formula is C26H21BrN2O4S. The number of rotatable bonds is 7. The van der Waals surface area contributed by atoms with Gasteiger partial charge < -0.3 is 9.84 Å². The van der Waals surface area contributed by atoms with Gasteiger partial charge >= 0.3 is 5.97 Å². The average Bonchev–Trinajstić information content (AvgIpc) is 3.13. The Bertz CT molecular complexity index is 1290. The summed E-state index contributed by atoms with van der Waals surface area (Å²) in [5.74, 6) is -0.498. The number of aliphatic imine (C=N–C) groups is 1. The molecule has 0 spiro atoms. The maximum atomic E-state index is 13.1. The number of benzene rings is 3. The smallest absolute Gasteiger partial charge is 0.335 e. The van der Waals surface area contributed by atoms with Crippen LogP contribution >= 0.6 is 27.7 Å². The van der Waals surface area contributed by atoms with Crippen molar-refractivity contribution in [1.29, 1.82) is 0 Å². The van der Waals surface area contributed by atoms with Gasteiger partial charge in [0.1, 0.15) is 12.4 Å². The summed E-state index contributed by atoms with van der Waals surface area (Å²) in [6, 6.07) is 21.8. The first-order valence-corrected chi connectivity index (χ1v) is 12.2. The number of halogens is 1. The van der Waals surface area contributed by atoms with Crippen molar-refractivity contribution >= 4 is 56.5 Å². The highest BCUT2D eigenvalue weighted by Gasteiger charge is 2.32. The molecule has 3 aromatic carbocycles. The van der Waals surface area contributed by atoms with Crippen molar-refractivity contribution in [2.24, 2.45) is 4.99 Å². The summed E-state index contributed by atoms with van der Waals surface area (Å²) < 4.78 is 7.05. The number of thioether (sulfide) groups is 1. The van der Waals surface area contributed by atoms with Crippen LogP contribution in [0.1, 0.15) is 28.4 Å². The number of nitrogens with zero attached hydrogens (tertiary/aromatic N) is 2. The second-order valence-corrected chi connectivity index (χ2v) is 9.29. The number of carbonyl (C=O) groups is 2. The van der Waals surface area contributed by atoms with Crippen LogP contribution in [0.15, 0.2) is 87.2 Å². The van der Waals surface area contributed by atoms with E-state index in [2.05, 4.69) is 20.9 Å². The van der Waals surface area contributed by atoms with Gasteiger partial charge in [0.2, 0.25) is 0 Å². The minimum Gasteiger partial charge on any atom is -0.488 e. The van der Waals surface area contributed by atoms with E-state index >= 15 is 0 Å². The molecular weight excluding hydrogens is 516 g/mol. The molecule has 1 heterocycles. The largest absolute Gasteiger partial charge is 0.488 e. The monoisotopic (exact) mass is 536 g/mol. The summed E-state index contributed by atoms with van der Waals surface area (Å²) in [5.41, 5.74) is 2.45. The molecule has 0 aliphatic carbocycles. The molecule has 0 unspecified atom stereocenters. The topological polar surface area (TPSA) is 79.2 Å². The van der Waals surface area contributed by atoms with E-state index in [4.69, 9.17) is 4.74 Å². The van der Waals surface area contributed by atoms with Crippen LogP contribution in [-0.2, 0) is 11.4 Å². The third-order valence-electron chi connectivity index (χ3n) is 5.04. The normalized spacial score (nSPS) is 15.8. The molecule has 8 heteroatoms. The zero-order chi connectivity index (χ0) is 24.1. The Balaban J connectivity index is 1.58. The summed E-state index contributed by atoms with van der Waals surface area (Å²) in [6.07, 6.45) is 1.81. The first kappa shape index (κ1) is 23.8. The van der Waals surface area contributed by atoms with Crippen molar-refractivity contribution in [2.45, 2.75) is 13.5 Å². The van der Waals surface area contributed by atoms with Crippen molar-refractivity contribution in [2.75, 3.05) is 6.54 Å². The number of hydrogen-bond acceptors (Lipinski definition) is 5. The molecule has 1 aliphatic heterocycles. The molecule has 1 amide bonds. The maximum absolute atomic E-state index is 13.1. The average molecular weight is 537 g/mol. The fourth-order valence-electron chi connectivity index (χ4n) is 3.30. The van der Waals surface area contributed by atoms with Gasteiger partial charge in [0, 0.05) is 16.6 Å². The summed E-state index contributed by atoms with van der Waals surface area (Å²) >= 11 is 4.69. The predicted octanol–water partition coefficient (Wildman–Crippen LogP) is 6.35. The van der Waals surface area contributed by atoms with Gasteiger partial charge in [-0.2, -0.15) is 0 Å². The van der Waals surface area contributed by atoms with Gasteiger partial charge in [0.25, 0.3) is 5.91 Å². The Kier molecular flexibility index (Phi) is 7.49. The van der Waals surface area contributed by atoms with E-state index in [9.17, 15) is 14.7 Å². The molecule has 4 rings (SSSR count). The first-order valence-electron chi connectivity index (χ1n) is 10.5. The highest BCUT2D eigenvalue weighted by atomic mass is 79.9. The number of amidine groups is 1. The SMILES string of the molecule is CCN1C(=O)/C(=C\c2ccccc2OCc2ccc(Br)cc2)SC1=Nc1cccc(C(=O)O)c1. The maximum Gasteiger partial charge on any atom is 0.335 e. The number of para-hydroxylation sites is 1. The van der Waals surface area contributed by atoms with E-state index in [0.29, 0.717) is 34.7 Å². The third-order valence-corrected chi connectivity index (χ3v) is 6.57. The molecule has 1 N–H and O–H groups in total. The van der Waals surface area contributed by atoms with Gasteiger partial charge in [0.15, 0.2) is 5.17 Å². The van der Waals surface area contributed by atoms with Gasteiger partial charge in [-0.1, -0.05) is 52.3 Å². The Morgan fingerprint density at radius 1 is 1.12 bits per heavy atom. The number of aromatic carboxylic acids is 1. The van der Waals surface area contributed by atoms with Crippen molar-refractivity contribution in [3.63, 3.8) is 0 Å². The van der Waals surface area contributed by atoms with Crippen LogP contribution in [0.2, 0.25) is 0 Å². The van der Waals surface area contributed by atoms with E-state index in [1.165, 1.54) is 23.9 Å². The quantitative estimate of drug-likeness (QED) is 0.356. The molecule has 1 fully saturated rings. The molecule has 0 aromatic heterocycles. The van der Waals surface area contributed by atoms with Crippen molar-refractivity contribution in [3.05, 3.63) is 98.9 Å². The lowest BCUT2D eigenvalue weighted by Crippen LogP contribution is -2.28. The Morgan fingerprint density at radius 3 is 2.62 bits per heavy atom. The predicted molar refractivity (Wildman–Crippen MR) is 138 cm³/mol. The number of hydrogen-bond donors (Lipinski definition) is 1. The highest BCUT2D eigenvalue weighted by Crippen LogP contribution is 2.35. The third kappa shape index (κ3) is 5.58. The molecule has 1 saturated heterocycles. The summed E-state index contributed by atoms with van der Waals surface area (Å²) in [5, 5.41) is 9.74. The van der Waals surface area contributed by atoms with Crippen LogP contribution in [0.25, 0.3) is 6.08 Å². The summed E-state index contributed by atoms with van der Waals surface area (Å²) in [6.45, 7) is 2.73. The van der Waals surface area contributed by atoms with Crippen LogP contribution in [0.4, 0.5) is 5.69 Å². The van der Waals surface area contributed by atoms with Gasteiger partial charge in [0.05, 0.1) is 16.2 Å². The van der Waals surface area contributed by atoms with Gasteiger partial charge in [-0.05, 0) is 66.7 Å². The van der Waals surface area contributed by atoms with Crippen LogP contribution in [0, 0.1) is 0 Å². The number of amides is 1. The molecule has 0 radical (unpaired) electrons. The zero-order valence-electron chi connectivity index (χ0n) is 18.3. The summed E-state index contributed by atoms with van der Waals surface area (Å²) in [4.78, 5) is 31.0. The van der Waals surface area contributed by atoms with Crippen molar-refractivity contribution in [3.8, 4) is 5.75 Å². The fourth-order valence-corrected chi connectivity index (χ4v) is 4.62. The van der Waals surface area contributed by atoms with E-state index in [1.807, 2.05) is 61.5 Å². The highest BCUT2D eigenvalue weighted by molar-refractivity contribution is 9.10. The van der Waals surface area contributed by atoms with Gasteiger partial charge in [-0.15, -0.1) is 0 Å². The molecule has 0 bridgehead atoms. The summed E-state index contributed by atoms with van der Waals surface area (Å²) in [7, 11) is 0. The second kappa shape index (κ2) is 10.7. The lowest BCUT2D eigenvalue weighted by atomic mass is 10.1. The van der Waals surface area contributed by atoms with Crippen molar-refractivity contribution in [1.82, 2.24) is 4.90 Å².